The average Bonchev–Trinajstić information content (AvgIpc) is 3.13. The van der Waals surface area contributed by atoms with Crippen molar-refractivity contribution in [2.24, 2.45) is 5.92 Å². The molecule has 6 nitrogen and oxygen atoms in total. The van der Waals surface area contributed by atoms with Crippen LogP contribution in [0.25, 0.3) is 0 Å². The Hall–Kier alpha value is -1.30. The number of hydrogen-bond acceptors (Lipinski definition) is 3. The van der Waals surface area contributed by atoms with Gasteiger partial charge in [0.05, 0.1) is 6.42 Å². The van der Waals surface area contributed by atoms with Gasteiger partial charge in [-0.15, -0.1) is 0 Å². The van der Waals surface area contributed by atoms with Gasteiger partial charge < -0.3 is 20.6 Å². The van der Waals surface area contributed by atoms with Gasteiger partial charge in [-0.05, 0) is 45.7 Å². The van der Waals surface area contributed by atoms with Crippen LogP contribution in [0.3, 0.4) is 0 Å². The summed E-state index contributed by atoms with van der Waals surface area (Å²) in [5, 5.41) is 14.7. The van der Waals surface area contributed by atoms with Crippen molar-refractivity contribution in [1.29, 1.82) is 0 Å². The van der Waals surface area contributed by atoms with Gasteiger partial charge in [-0.1, -0.05) is 12.8 Å². The molecule has 1 atom stereocenters. The molecule has 0 saturated heterocycles. The summed E-state index contributed by atoms with van der Waals surface area (Å²) in [5.74, 6) is -0.520. The fourth-order valence-corrected chi connectivity index (χ4v) is 3.30. The third-order valence-electron chi connectivity index (χ3n) is 4.96. The zero-order chi connectivity index (χ0) is 15.5. The molecule has 2 saturated carbocycles. The van der Waals surface area contributed by atoms with Gasteiger partial charge in [0.2, 0.25) is 0 Å². The summed E-state index contributed by atoms with van der Waals surface area (Å²) in [6.45, 7) is 0.621. The highest BCUT2D eigenvalue weighted by Gasteiger charge is 2.37. The summed E-state index contributed by atoms with van der Waals surface area (Å²) >= 11 is 0. The van der Waals surface area contributed by atoms with Gasteiger partial charge >= 0.3 is 12.0 Å². The van der Waals surface area contributed by atoms with E-state index in [1.807, 2.05) is 0 Å². The van der Waals surface area contributed by atoms with E-state index in [0.717, 1.165) is 25.7 Å². The summed E-state index contributed by atoms with van der Waals surface area (Å²) in [6.07, 6.45) is 6.63. The molecule has 2 aliphatic carbocycles. The second kappa shape index (κ2) is 6.64. The summed E-state index contributed by atoms with van der Waals surface area (Å²) in [7, 11) is 4.12. The lowest BCUT2D eigenvalue weighted by Gasteiger charge is -2.36. The first-order chi connectivity index (χ1) is 9.93. The number of nitrogens with zero attached hydrogens (tertiary/aromatic N) is 1. The Labute approximate surface area is 126 Å². The fourth-order valence-electron chi connectivity index (χ4n) is 3.30. The molecular formula is C15H27N3O3. The van der Waals surface area contributed by atoms with E-state index in [9.17, 15) is 9.59 Å². The zero-order valence-corrected chi connectivity index (χ0v) is 13.0. The predicted octanol–water partition coefficient (Wildman–Crippen LogP) is 1.41. The van der Waals surface area contributed by atoms with Gasteiger partial charge in [0.1, 0.15) is 0 Å². The maximum Gasteiger partial charge on any atom is 0.315 e. The van der Waals surface area contributed by atoms with Crippen LogP contribution < -0.4 is 10.6 Å². The van der Waals surface area contributed by atoms with Crippen molar-refractivity contribution >= 4 is 12.0 Å². The van der Waals surface area contributed by atoms with Crippen LogP contribution in [0.15, 0.2) is 0 Å². The first-order valence-electron chi connectivity index (χ1n) is 7.86. The van der Waals surface area contributed by atoms with E-state index in [1.54, 1.807) is 0 Å². The first kappa shape index (κ1) is 16.1. The summed E-state index contributed by atoms with van der Waals surface area (Å²) < 4.78 is 0. The third-order valence-corrected chi connectivity index (χ3v) is 4.96. The average molecular weight is 297 g/mol. The van der Waals surface area contributed by atoms with Crippen LogP contribution in [-0.2, 0) is 4.79 Å². The van der Waals surface area contributed by atoms with Gasteiger partial charge in [0.25, 0.3) is 0 Å². The minimum absolute atomic E-state index is 0.0108. The molecule has 0 radical (unpaired) electrons. The maximum atomic E-state index is 12.1. The van der Waals surface area contributed by atoms with Crippen LogP contribution in [0.5, 0.6) is 0 Å². The molecule has 120 valence electrons. The molecule has 0 aromatic rings. The Bertz CT molecular complexity index is 388. The number of carbonyl (C=O) groups excluding carboxylic acids is 1. The van der Waals surface area contributed by atoms with Gasteiger partial charge in [-0.25, -0.2) is 4.79 Å². The lowest BCUT2D eigenvalue weighted by atomic mass is 9.96. The van der Waals surface area contributed by atoms with E-state index in [4.69, 9.17) is 5.11 Å². The molecule has 0 spiro atoms. The molecule has 1 unspecified atom stereocenters. The summed E-state index contributed by atoms with van der Waals surface area (Å²) in [4.78, 5) is 25.1. The SMILES string of the molecule is CN(C)C1(CNC(=O)NC(CC(=O)O)C2CC2)CCCC1. The quantitative estimate of drug-likeness (QED) is 0.663. The van der Waals surface area contributed by atoms with Crippen molar-refractivity contribution in [3.8, 4) is 0 Å². The second-order valence-corrected chi connectivity index (χ2v) is 6.69. The van der Waals surface area contributed by atoms with Crippen molar-refractivity contribution in [3.63, 3.8) is 0 Å². The van der Waals surface area contributed by atoms with E-state index in [1.165, 1.54) is 12.8 Å². The first-order valence-corrected chi connectivity index (χ1v) is 7.86. The summed E-state index contributed by atoms with van der Waals surface area (Å²) in [5.41, 5.74) is 0.0548. The standard InChI is InChI=1S/C15H27N3O3/c1-18(2)15(7-3-4-8-15)10-16-14(21)17-12(9-13(19)20)11-5-6-11/h11-12H,3-10H2,1-2H3,(H,19,20)(H2,16,17,21). The smallest absolute Gasteiger partial charge is 0.315 e. The van der Waals surface area contributed by atoms with Gasteiger partial charge in [0.15, 0.2) is 0 Å². The second-order valence-electron chi connectivity index (χ2n) is 6.69. The van der Waals surface area contributed by atoms with Crippen LogP contribution in [0.4, 0.5) is 4.79 Å². The van der Waals surface area contributed by atoms with Gasteiger partial charge in [-0.3, -0.25) is 4.79 Å². The molecule has 0 bridgehead atoms. The molecule has 2 fully saturated rings. The Morgan fingerprint density at radius 1 is 1.29 bits per heavy atom. The zero-order valence-electron chi connectivity index (χ0n) is 13.0. The minimum atomic E-state index is -0.854. The number of rotatable bonds is 7. The highest BCUT2D eigenvalue weighted by atomic mass is 16.4. The van der Waals surface area contributed by atoms with E-state index >= 15 is 0 Å². The van der Waals surface area contributed by atoms with Crippen molar-refractivity contribution in [2.45, 2.75) is 56.5 Å². The highest BCUT2D eigenvalue weighted by Crippen LogP contribution is 2.34. The van der Waals surface area contributed by atoms with Crippen molar-refractivity contribution in [3.05, 3.63) is 0 Å². The Morgan fingerprint density at radius 3 is 2.38 bits per heavy atom. The Kier molecular flexibility index (Phi) is 5.08. The van der Waals surface area contributed by atoms with Crippen molar-refractivity contribution in [1.82, 2.24) is 15.5 Å². The molecule has 2 amide bonds. The normalized spacial score (nSPS) is 22.0. The van der Waals surface area contributed by atoms with Crippen LogP contribution in [0.1, 0.15) is 44.9 Å². The minimum Gasteiger partial charge on any atom is -0.481 e. The number of urea groups is 1. The highest BCUT2D eigenvalue weighted by molar-refractivity contribution is 5.76. The molecule has 6 heteroatoms. The van der Waals surface area contributed by atoms with E-state index in [2.05, 4.69) is 29.6 Å². The van der Waals surface area contributed by atoms with E-state index in [0.29, 0.717) is 12.5 Å². The van der Waals surface area contributed by atoms with Crippen LogP contribution in [0, 0.1) is 5.92 Å². The van der Waals surface area contributed by atoms with Crippen molar-refractivity contribution < 1.29 is 14.7 Å². The molecule has 0 aromatic heterocycles. The molecule has 0 aromatic carbocycles. The van der Waals surface area contributed by atoms with Crippen LogP contribution >= 0.6 is 0 Å². The molecule has 0 aliphatic heterocycles. The largest absolute Gasteiger partial charge is 0.481 e. The van der Waals surface area contributed by atoms with Gasteiger partial charge in [0, 0.05) is 18.1 Å². The molecule has 2 rings (SSSR count). The molecule has 3 N–H and O–H groups in total. The van der Waals surface area contributed by atoms with Crippen LogP contribution in [0.2, 0.25) is 0 Å². The lowest BCUT2D eigenvalue weighted by molar-refractivity contribution is -0.137. The summed E-state index contributed by atoms with van der Waals surface area (Å²) in [6, 6.07) is -0.470. The van der Waals surface area contributed by atoms with E-state index in [-0.39, 0.29) is 24.0 Å². The number of amides is 2. The fraction of sp³-hybridized carbons (Fsp3) is 0.867. The molecule has 2 aliphatic rings. The topological polar surface area (TPSA) is 81.7 Å². The number of nitrogens with one attached hydrogen (secondary N) is 2. The maximum absolute atomic E-state index is 12.1. The molecular weight excluding hydrogens is 270 g/mol. The third kappa shape index (κ3) is 4.33. The Morgan fingerprint density at radius 2 is 1.90 bits per heavy atom. The van der Waals surface area contributed by atoms with E-state index < -0.39 is 5.97 Å². The van der Waals surface area contributed by atoms with Crippen molar-refractivity contribution in [2.75, 3.05) is 20.6 Å². The monoisotopic (exact) mass is 297 g/mol. The number of carbonyl (C=O) groups is 2. The number of likely N-dealkylation sites (N-methyl/N-ethyl adjacent to an activating group) is 1. The van der Waals surface area contributed by atoms with Gasteiger partial charge in [-0.2, -0.15) is 0 Å². The number of carboxylic acids is 1. The lowest BCUT2D eigenvalue weighted by Crippen LogP contribution is -2.54. The number of hydrogen-bond donors (Lipinski definition) is 3. The Balaban J connectivity index is 1.81. The number of aliphatic carboxylic acids is 1. The molecule has 21 heavy (non-hydrogen) atoms. The molecule has 0 heterocycles. The van der Waals surface area contributed by atoms with Crippen LogP contribution in [-0.4, -0.2) is 54.2 Å². The number of carboxylic acid groups (broad SMARTS) is 1. The predicted molar refractivity (Wildman–Crippen MR) is 80.2 cm³/mol.